The van der Waals surface area contributed by atoms with E-state index in [0.29, 0.717) is 17.6 Å². The topological polar surface area (TPSA) is 43.6 Å². The molecule has 312 valence electrons. The molecule has 5 heteroatoms. The van der Waals surface area contributed by atoms with Crippen molar-refractivity contribution in [2.75, 3.05) is 0 Å². The van der Waals surface area contributed by atoms with Crippen LogP contribution in [-0.4, -0.2) is 19.5 Å². The van der Waals surface area contributed by atoms with Gasteiger partial charge in [0.15, 0.2) is 11.6 Å². The van der Waals surface area contributed by atoms with Gasteiger partial charge < -0.3 is 0 Å². The maximum atomic E-state index is 5.51. The summed E-state index contributed by atoms with van der Waals surface area (Å²) in [5, 5.41) is 9.58. The molecule has 13 rings (SSSR count). The number of para-hydroxylation sites is 1. The molecular formula is C61H42N4S. The molecule has 0 fully saturated rings. The quantitative estimate of drug-likeness (QED) is 0.156. The van der Waals surface area contributed by atoms with Crippen LogP contribution in [0.2, 0.25) is 0 Å². The van der Waals surface area contributed by atoms with Gasteiger partial charge in [0.2, 0.25) is 5.95 Å². The van der Waals surface area contributed by atoms with Crippen LogP contribution >= 0.6 is 11.3 Å². The van der Waals surface area contributed by atoms with Crippen LogP contribution in [-0.2, 0) is 0 Å². The molecular weight excluding hydrogens is 821 g/mol. The van der Waals surface area contributed by atoms with E-state index in [4.69, 9.17) is 15.0 Å². The van der Waals surface area contributed by atoms with Gasteiger partial charge in [0.1, 0.15) is 0 Å². The van der Waals surface area contributed by atoms with Crippen LogP contribution in [0.25, 0.3) is 126 Å². The van der Waals surface area contributed by atoms with Crippen molar-refractivity contribution in [3.05, 3.63) is 218 Å². The Morgan fingerprint density at radius 1 is 0.303 bits per heavy atom. The lowest BCUT2D eigenvalue weighted by atomic mass is 9.95. The molecule has 4 nitrogen and oxygen atoms in total. The number of fused-ring (bicyclic) bond motifs is 11. The summed E-state index contributed by atoms with van der Waals surface area (Å²) in [6, 6.07) is 77.9. The number of aromatic nitrogens is 4. The number of hydrogen-bond donors (Lipinski definition) is 0. The third-order valence-corrected chi connectivity index (χ3v) is 13.8. The Bertz CT molecular complexity index is 3830. The van der Waals surface area contributed by atoms with Crippen LogP contribution in [0, 0.1) is 0 Å². The summed E-state index contributed by atoms with van der Waals surface area (Å²) in [5.74, 6) is 1.78. The third-order valence-electron chi connectivity index (χ3n) is 12.7. The zero-order valence-corrected chi connectivity index (χ0v) is 37.3. The molecule has 0 saturated heterocycles. The van der Waals surface area contributed by atoms with E-state index in [-0.39, 0.29) is 0 Å². The highest BCUT2D eigenvalue weighted by Crippen LogP contribution is 2.47. The Hall–Kier alpha value is -8.25. The predicted molar refractivity (Wildman–Crippen MR) is 281 cm³/mol. The Kier molecular flexibility index (Phi) is 9.77. The van der Waals surface area contributed by atoms with Gasteiger partial charge >= 0.3 is 0 Å². The second-order valence-electron chi connectivity index (χ2n) is 16.3. The van der Waals surface area contributed by atoms with Crippen LogP contribution in [0.15, 0.2) is 218 Å². The molecule has 13 aromatic rings. The van der Waals surface area contributed by atoms with Gasteiger partial charge in [0.05, 0.1) is 11.0 Å². The van der Waals surface area contributed by atoms with Crippen molar-refractivity contribution >= 4 is 74.9 Å². The third kappa shape index (κ3) is 6.47. The maximum Gasteiger partial charge on any atom is 0.238 e. The predicted octanol–water partition coefficient (Wildman–Crippen LogP) is 17.0. The highest BCUT2D eigenvalue weighted by atomic mass is 32.1. The molecule has 3 aromatic heterocycles. The average molecular weight is 863 g/mol. The highest BCUT2D eigenvalue weighted by molar-refractivity contribution is 7.25. The average Bonchev–Trinajstić information content (AvgIpc) is 3.97. The van der Waals surface area contributed by atoms with Gasteiger partial charge in [0, 0.05) is 53.0 Å². The van der Waals surface area contributed by atoms with Gasteiger partial charge in [-0.25, -0.2) is 4.98 Å². The highest BCUT2D eigenvalue weighted by Gasteiger charge is 2.25. The summed E-state index contributed by atoms with van der Waals surface area (Å²) >= 11 is 1.84. The summed E-state index contributed by atoms with van der Waals surface area (Å²) in [4.78, 5) is 16.3. The first kappa shape index (κ1) is 39.3. The first-order valence-corrected chi connectivity index (χ1v) is 23.4. The Morgan fingerprint density at radius 2 is 0.742 bits per heavy atom. The van der Waals surface area contributed by atoms with Gasteiger partial charge in [-0.2, -0.15) is 9.97 Å². The molecule has 0 spiro atoms. The first-order chi connectivity index (χ1) is 32.7. The number of thiophene rings is 1. The van der Waals surface area contributed by atoms with Crippen molar-refractivity contribution in [3.8, 4) is 62.1 Å². The van der Waals surface area contributed by atoms with E-state index in [1.807, 2.05) is 37.3 Å². The van der Waals surface area contributed by atoms with Gasteiger partial charge in [0.25, 0.3) is 0 Å². The first-order valence-electron chi connectivity index (χ1n) is 22.6. The van der Waals surface area contributed by atoms with E-state index >= 15 is 0 Å². The molecule has 0 aliphatic heterocycles. The summed E-state index contributed by atoms with van der Waals surface area (Å²) in [6.45, 7) is 4.00. The second kappa shape index (κ2) is 16.4. The fourth-order valence-electron chi connectivity index (χ4n) is 9.75. The monoisotopic (exact) mass is 862 g/mol. The fraction of sp³-hybridized carbons (Fsp3) is 0.0328. The summed E-state index contributed by atoms with van der Waals surface area (Å²) in [6.07, 6.45) is 0. The van der Waals surface area contributed by atoms with Crippen molar-refractivity contribution in [2.45, 2.75) is 13.8 Å². The van der Waals surface area contributed by atoms with Crippen LogP contribution in [0.1, 0.15) is 13.8 Å². The van der Waals surface area contributed by atoms with Gasteiger partial charge in [-0.05, 0) is 56.1 Å². The Morgan fingerprint density at radius 3 is 1.36 bits per heavy atom. The second-order valence-corrected chi connectivity index (χ2v) is 17.4. The fourth-order valence-corrected chi connectivity index (χ4v) is 10.9. The molecule has 0 unspecified atom stereocenters. The van der Waals surface area contributed by atoms with Crippen LogP contribution in [0.5, 0.6) is 0 Å². The largest absolute Gasteiger partial charge is 0.277 e. The standard InChI is InChI=1S/C59H36N4S.C2H6/c1-3-15-37(16-4-1)39-29-33-41(34-30-39)57-60-58(42-35-31-40(32-36-42)38-17-5-2-6-18-38)62-59(61-57)63-55-48(46-24-14-28-52-53(46)49-23-11-12-27-51(49)64-52)25-13-26-50(55)54-45-21-9-7-19-43(45)44-20-8-10-22-47(44)56(54)63;1-2/h1-36H;1-2H3. The number of nitrogens with zero attached hydrogens (tertiary/aromatic N) is 4. The molecule has 66 heavy (non-hydrogen) atoms. The molecule has 0 radical (unpaired) electrons. The van der Waals surface area contributed by atoms with Crippen molar-refractivity contribution in [2.24, 2.45) is 0 Å². The molecule has 3 heterocycles. The van der Waals surface area contributed by atoms with E-state index in [1.165, 1.54) is 47.3 Å². The minimum atomic E-state index is 0.564. The molecule has 0 aliphatic rings. The summed E-state index contributed by atoms with van der Waals surface area (Å²) < 4.78 is 4.88. The summed E-state index contributed by atoms with van der Waals surface area (Å²) in [5.41, 5.74) is 10.9. The molecule has 0 amide bonds. The molecule has 0 atom stereocenters. The molecule has 0 saturated carbocycles. The van der Waals surface area contributed by atoms with Crippen LogP contribution in [0.4, 0.5) is 0 Å². The van der Waals surface area contributed by atoms with E-state index in [0.717, 1.165) is 60.8 Å². The van der Waals surface area contributed by atoms with Crippen LogP contribution < -0.4 is 0 Å². The zero-order valence-electron chi connectivity index (χ0n) is 36.5. The lowest BCUT2D eigenvalue weighted by molar-refractivity contribution is 0.955. The van der Waals surface area contributed by atoms with Crippen molar-refractivity contribution in [1.29, 1.82) is 0 Å². The molecule has 0 bridgehead atoms. The Labute approximate surface area is 386 Å². The molecule has 0 N–H and O–H groups in total. The smallest absolute Gasteiger partial charge is 0.238 e. The normalized spacial score (nSPS) is 11.5. The number of hydrogen-bond acceptors (Lipinski definition) is 4. The van der Waals surface area contributed by atoms with Crippen molar-refractivity contribution in [1.82, 2.24) is 19.5 Å². The van der Waals surface area contributed by atoms with Gasteiger partial charge in [-0.3, -0.25) is 4.57 Å². The lowest BCUT2D eigenvalue weighted by Crippen LogP contribution is -2.07. The number of rotatable bonds is 6. The Balaban J connectivity index is 0.00000225. The molecule has 10 aromatic carbocycles. The van der Waals surface area contributed by atoms with E-state index in [9.17, 15) is 0 Å². The summed E-state index contributed by atoms with van der Waals surface area (Å²) in [7, 11) is 0. The van der Waals surface area contributed by atoms with E-state index in [1.54, 1.807) is 0 Å². The van der Waals surface area contributed by atoms with Crippen molar-refractivity contribution in [3.63, 3.8) is 0 Å². The van der Waals surface area contributed by atoms with E-state index in [2.05, 4.69) is 211 Å². The zero-order chi connectivity index (χ0) is 44.1. The minimum Gasteiger partial charge on any atom is -0.277 e. The van der Waals surface area contributed by atoms with Crippen molar-refractivity contribution < 1.29 is 0 Å². The lowest BCUT2D eigenvalue weighted by Gasteiger charge is -2.15. The SMILES string of the molecule is CC.c1ccc(-c2ccc(-c3nc(-c4ccc(-c5ccccc5)cc4)nc(-n4c5c(-c6cccc7sc8ccccc8c67)cccc5c5c6ccccc6c6ccccc6c54)n3)cc2)cc1. The molecule has 0 aliphatic carbocycles. The number of benzene rings is 10. The van der Waals surface area contributed by atoms with Crippen LogP contribution in [0.3, 0.4) is 0 Å². The minimum absolute atomic E-state index is 0.564. The maximum absolute atomic E-state index is 5.51. The van der Waals surface area contributed by atoms with E-state index < -0.39 is 0 Å². The van der Waals surface area contributed by atoms with Gasteiger partial charge in [-0.15, -0.1) is 11.3 Å². The van der Waals surface area contributed by atoms with Gasteiger partial charge in [-0.1, -0.05) is 220 Å².